The summed E-state index contributed by atoms with van der Waals surface area (Å²) in [5.41, 5.74) is 13.2. The third-order valence-corrected chi connectivity index (χ3v) is 10.3. The zero-order chi connectivity index (χ0) is 33.1. The molecular formula is C46H31N3O. The highest BCUT2D eigenvalue weighted by Crippen LogP contribution is 2.63. The van der Waals surface area contributed by atoms with Crippen molar-refractivity contribution < 1.29 is 4.74 Å². The van der Waals surface area contributed by atoms with Gasteiger partial charge in [-0.15, -0.1) is 0 Å². The number of para-hydroxylation sites is 2. The van der Waals surface area contributed by atoms with E-state index in [1.54, 1.807) is 0 Å². The van der Waals surface area contributed by atoms with Gasteiger partial charge in [-0.3, -0.25) is 0 Å². The Balaban J connectivity index is 1.17. The van der Waals surface area contributed by atoms with Crippen LogP contribution in [0.5, 0.6) is 11.5 Å². The molecule has 1 spiro atoms. The largest absolute Gasteiger partial charge is 0.456 e. The highest BCUT2D eigenvalue weighted by Gasteiger charge is 2.51. The molecule has 0 atom stereocenters. The van der Waals surface area contributed by atoms with Gasteiger partial charge in [0.25, 0.3) is 0 Å². The molecule has 50 heavy (non-hydrogen) atoms. The van der Waals surface area contributed by atoms with E-state index < -0.39 is 5.41 Å². The van der Waals surface area contributed by atoms with E-state index in [-0.39, 0.29) is 0 Å². The maximum absolute atomic E-state index is 6.92. The van der Waals surface area contributed by atoms with Crippen LogP contribution in [0.25, 0.3) is 50.6 Å². The van der Waals surface area contributed by atoms with Gasteiger partial charge in [-0.2, -0.15) is 0 Å². The number of ether oxygens (including phenoxy) is 1. The highest BCUT2D eigenvalue weighted by molar-refractivity contribution is 5.90. The molecule has 0 bridgehead atoms. The van der Waals surface area contributed by atoms with Crippen LogP contribution >= 0.6 is 0 Å². The molecule has 7 aromatic rings. The Kier molecular flexibility index (Phi) is 6.50. The lowest BCUT2D eigenvalue weighted by molar-refractivity contribution is 0.438. The first-order chi connectivity index (χ1) is 24.8. The quantitative estimate of drug-likeness (QED) is 0.192. The second-order valence-electron chi connectivity index (χ2n) is 13.0. The zero-order valence-electron chi connectivity index (χ0n) is 27.3. The molecule has 2 aromatic heterocycles. The van der Waals surface area contributed by atoms with Crippen LogP contribution < -0.4 is 4.74 Å². The van der Waals surface area contributed by atoms with Gasteiger partial charge >= 0.3 is 0 Å². The highest BCUT2D eigenvalue weighted by atomic mass is 16.5. The lowest BCUT2D eigenvalue weighted by Gasteiger charge is -2.40. The smallest absolute Gasteiger partial charge is 0.156 e. The summed E-state index contributed by atoms with van der Waals surface area (Å²) in [5.74, 6) is 2.43. The van der Waals surface area contributed by atoms with Gasteiger partial charge in [-0.05, 0) is 71.0 Å². The predicted octanol–water partition coefficient (Wildman–Crippen LogP) is 11.1. The van der Waals surface area contributed by atoms with E-state index in [4.69, 9.17) is 19.7 Å². The molecule has 0 radical (unpaired) electrons. The number of hydrogen-bond donors (Lipinski definition) is 0. The monoisotopic (exact) mass is 641 g/mol. The molecule has 2 aliphatic carbocycles. The molecule has 3 heterocycles. The fourth-order valence-electron chi connectivity index (χ4n) is 8.08. The molecule has 0 amide bonds. The van der Waals surface area contributed by atoms with Crippen LogP contribution in [0.15, 0.2) is 164 Å². The maximum Gasteiger partial charge on any atom is 0.156 e. The van der Waals surface area contributed by atoms with Crippen molar-refractivity contribution in [3.05, 3.63) is 192 Å². The van der Waals surface area contributed by atoms with Gasteiger partial charge in [0.1, 0.15) is 11.5 Å². The molecule has 0 N–H and O–H groups in total. The summed E-state index contributed by atoms with van der Waals surface area (Å²) in [7, 11) is 0. The van der Waals surface area contributed by atoms with E-state index in [9.17, 15) is 0 Å². The summed E-state index contributed by atoms with van der Waals surface area (Å²) in [4.78, 5) is 15.4. The van der Waals surface area contributed by atoms with Crippen molar-refractivity contribution in [2.45, 2.75) is 18.3 Å². The van der Waals surface area contributed by atoms with Crippen LogP contribution in [-0.4, -0.2) is 15.0 Å². The lowest BCUT2D eigenvalue weighted by Crippen LogP contribution is -2.32. The molecule has 10 rings (SSSR count). The Bertz CT molecular complexity index is 2480. The van der Waals surface area contributed by atoms with Gasteiger partial charge in [0.15, 0.2) is 5.82 Å². The molecule has 0 fully saturated rings. The Labute approximate surface area is 291 Å². The average molecular weight is 642 g/mol. The van der Waals surface area contributed by atoms with Crippen LogP contribution in [-0.2, 0) is 5.41 Å². The molecule has 3 aliphatic rings. The predicted molar refractivity (Wildman–Crippen MR) is 200 cm³/mol. The Morgan fingerprint density at radius 1 is 0.500 bits per heavy atom. The minimum atomic E-state index is -0.528. The summed E-state index contributed by atoms with van der Waals surface area (Å²) in [6.45, 7) is 0. The number of hydrogen-bond acceptors (Lipinski definition) is 4. The Morgan fingerprint density at radius 3 is 1.92 bits per heavy atom. The fourth-order valence-corrected chi connectivity index (χ4v) is 8.08. The van der Waals surface area contributed by atoms with Crippen LogP contribution in [0, 0.1) is 0 Å². The van der Waals surface area contributed by atoms with Gasteiger partial charge in [0, 0.05) is 22.3 Å². The first-order valence-corrected chi connectivity index (χ1v) is 17.2. The van der Waals surface area contributed by atoms with Crippen molar-refractivity contribution in [3.63, 3.8) is 0 Å². The molecule has 4 heteroatoms. The number of allylic oxidation sites excluding steroid dienone is 4. The second-order valence-corrected chi connectivity index (χ2v) is 13.0. The fraction of sp³-hybridized carbons (Fsp3) is 0.0652. The Hall–Kier alpha value is -6.39. The number of pyridine rings is 1. The Morgan fingerprint density at radius 2 is 1.14 bits per heavy atom. The SMILES string of the molecule is C1=CCCC(c2nc(-c3ccccc3)cc(-c3cccc(-c4cccc5c4Oc4ccccc4C54c5ccccc5-c5ccccc54)n3)n2)=C1. The number of benzene rings is 5. The van der Waals surface area contributed by atoms with Crippen molar-refractivity contribution in [3.8, 4) is 56.5 Å². The van der Waals surface area contributed by atoms with Crippen molar-refractivity contribution in [2.75, 3.05) is 0 Å². The summed E-state index contributed by atoms with van der Waals surface area (Å²) < 4.78 is 6.92. The molecular weight excluding hydrogens is 611 g/mol. The molecule has 0 unspecified atom stereocenters. The molecule has 236 valence electrons. The average Bonchev–Trinajstić information content (AvgIpc) is 3.49. The van der Waals surface area contributed by atoms with E-state index in [0.29, 0.717) is 0 Å². The molecule has 0 saturated heterocycles. The normalized spacial score (nSPS) is 14.6. The second kappa shape index (κ2) is 11.4. The van der Waals surface area contributed by atoms with Crippen molar-refractivity contribution in [2.24, 2.45) is 0 Å². The third-order valence-electron chi connectivity index (χ3n) is 10.3. The van der Waals surface area contributed by atoms with E-state index in [1.165, 1.54) is 22.3 Å². The van der Waals surface area contributed by atoms with Crippen molar-refractivity contribution >= 4 is 5.57 Å². The van der Waals surface area contributed by atoms with E-state index in [1.807, 2.05) is 24.3 Å². The molecule has 4 nitrogen and oxygen atoms in total. The van der Waals surface area contributed by atoms with Gasteiger partial charge in [0.2, 0.25) is 0 Å². The van der Waals surface area contributed by atoms with Gasteiger partial charge < -0.3 is 4.74 Å². The molecule has 5 aromatic carbocycles. The minimum Gasteiger partial charge on any atom is -0.456 e. The maximum atomic E-state index is 6.92. The standard InChI is InChI=1S/C46H31N3O/c1-3-15-30(16-4-1)41-29-42(49-45(48-41)31-17-5-2-6-18-31)40-27-14-26-39(47-40)34-21-13-25-38-44(34)50-43-28-12-11-24-37(43)46(38)35-22-9-7-19-32(35)33-20-8-10-23-36(33)46/h1-5,7-17,19-29H,6,18H2. The topological polar surface area (TPSA) is 47.9 Å². The first kappa shape index (κ1) is 28.6. The lowest BCUT2D eigenvalue weighted by atomic mass is 9.65. The van der Waals surface area contributed by atoms with Crippen LogP contribution in [0.2, 0.25) is 0 Å². The van der Waals surface area contributed by atoms with E-state index in [0.717, 1.165) is 80.8 Å². The van der Waals surface area contributed by atoms with Gasteiger partial charge in [-0.1, -0.05) is 133 Å². The first-order valence-electron chi connectivity index (χ1n) is 17.2. The summed E-state index contributed by atoms with van der Waals surface area (Å²) in [5, 5.41) is 0. The van der Waals surface area contributed by atoms with Crippen LogP contribution in [0.4, 0.5) is 0 Å². The zero-order valence-corrected chi connectivity index (χ0v) is 27.3. The van der Waals surface area contributed by atoms with E-state index >= 15 is 0 Å². The van der Waals surface area contributed by atoms with Crippen molar-refractivity contribution in [1.29, 1.82) is 0 Å². The number of nitrogens with zero attached hydrogens (tertiary/aromatic N) is 3. The minimum absolute atomic E-state index is 0.528. The molecule has 1 aliphatic heterocycles. The van der Waals surface area contributed by atoms with Crippen molar-refractivity contribution in [1.82, 2.24) is 15.0 Å². The van der Waals surface area contributed by atoms with Gasteiger partial charge in [0.05, 0.1) is 28.2 Å². The number of aromatic nitrogens is 3. The molecule has 0 saturated carbocycles. The van der Waals surface area contributed by atoms with E-state index in [2.05, 4.69) is 140 Å². The summed E-state index contributed by atoms with van der Waals surface area (Å²) in [6, 6.07) is 51.1. The van der Waals surface area contributed by atoms with Crippen LogP contribution in [0.3, 0.4) is 0 Å². The number of rotatable bonds is 4. The summed E-state index contributed by atoms with van der Waals surface area (Å²) >= 11 is 0. The summed E-state index contributed by atoms with van der Waals surface area (Å²) in [6.07, 6.45) is 8.30. The van der Waals surface area contributed by atoms with Gasteiger partial charge in [-0.25, -0.2) is 15.0 Å². The number of fused-ring (bicyclic) bond motifs is 9. The van der Waals surface area contributed by atoms with Crippen LogP contribution in [0.1, 0.15) is 40.9 Å². The third kappa shape index (κ3) is 4.28.